The highest BCUT2D eigenvalue weighted by atomic mass is 19.1. The summed E-state index contributed by atoms with van der Waals surface area (Å²) in [5.41, 5.74) is 0.527. The lowest BCUT2D eigenvalue weighted by molar-refractivity contribution is 0.0491. The van der Waals surface area contributed by atoms with Crippen molar-refractivity contribution < 1.29 is 18.7 Å². The van der Waals surface area contributed by atoms with E-state index in [9.17, 15) is 14.0 Å². The van der Waals surface area contributed by atoms with Gasteiger partial charge in [0.05, 0.1) is 0 Å². The van der Waals surface area contributed by atoms with E-state index in [1.54, 1.807) is 65.9 Å². The molecule has 2 amide bonds. The number of para-hydroxylation sites is 1. The molecule has 7 nitrogen and oxygen atoms in total. The molecule has 0 spiro atoms. The molecule has 1 aromatic carbocycles. The van der Waals surface area contributed by atoms with Crippen LogP contribution in [0.3, 0.4) is 0 Å². The summed E-state index contributed by atoms with van der Waals surface area (Å²) in [4.78, 5) is 26.0. The maximum Gasteiger partial charge on any atom is 0.407 e. The summed E-state index contributed by atoms with van der Waals surface area (Å²) < 4.78 is 20.6. The average molecular weight is 390 g/mol. The number of aryl methyl sites for hydroxylation is 1. The SMILES string of the molecule is Cc1cc(C(=O)N(C)CC(C)NC(=O)OC(C)(C)C)nn1-c1ccccc1F. The van der Waals surface area contributed by atoms with E-state index in [0.717, 1.165) is 0 Å². The van der Waals surface area contributed by atoms with Gasteiger partial charge in [-0.25, -0.2) is 13.9 Å². The van der Waals surface area contributed by atoms with Crippen LogP contribution in [0, 0.1) is 12.7 Å². The minimum absolute atomic E-state index is 0.202. The molecule has 0 radical (unpaired) electrons. The molecule has 2 aromatic rings. The van der Waals surface area contributed by atoms with Crippen LogP contribution < -0.4 is 5.32 Å². The molecule has 1 unspecified atom stereocenters. The van der Waals surface area contributed by atoms with Gasteiger partial charge in [0, 0.05) is 25.3 Å². The van der Waals surface area contributed by atoms with E-state index in [0.29, 0.717) is 5.69 Å². The number of alkyl carbamates (subject to hydrolysis) is 1. The summed E-state index contributed by atoms with van der Waals surface area (Å²) in [6.45, 7) is 9.13. The van der Waals surface area contributed by atoms with E-state index in [-0.39, 0.29) is 29.9 Å². The first-order valence-corrected chi connectivity index (χ1v) is 9.04. The van der Waals surface area contributed by atoms with Crippen LogP contribution in [-0.4, -0.2) is 51.9 Å². The Balaban J connectivity index is 2.05. The number of halogens is 1. The Hall–Kier alpha value is -2.90. The number of rotatable bonds is 5. The summed E-state index contributed by atoms with van der Waals surface area (Å²) >= 11 is 0. The van der Waals surface area contributed by atoms with E-state index in [2.05, 4.69) is 10.4 Å². The Morgan fingerprint density at radius 1 is 1.32 bits per heavy atom. The van der Waals surface area contributed by atoms with Crippen molar-refractivity contribution in [3.05, 3.63) is 47.5 Å². The van der Waals surface area contributed by atoms with Crippen LogP contribution in [0.5, 0.6) is 0 Å². The smallest absolute Gasteiger partial charge is 0.407 e. The highest BCUT2D eigenvalue weighted by molar-refractivity contribution is 5.92. The second-order valence-corrected chi connectivity index (χ2v) is 7.77. The normalized spacial score (nSPS) is 12.4. The van der Waals surface area contributed by atoms with Crippen molar-refractivity contribution in [2.24, 2.45) is 0 Å². The molecule has 0 aliphatic carbocycles. The van der Waals surface area contributed by atoms with E-state index in [1.807, 2.05) is 0 Å². The van der Waals surface area contributed by atoms with Gasteiger partial charge in [0.25, 0.3) is 5.91 Å². The standard InChI is InChI=1S/C20H27FN4O3/c1-13(22-19(27)28-20(3,4)5)12-24(6)18(26)16-11-14(2)25(23-16)17-10-8-7-9-15(17)21/h7-11,13H,12H2,1-6H3,(H,22,27). The molecule has 28 heavy (non-hydrogen) atoms. The van der Waals surface area contributed by atoms with Gasteiger partial charge in [-0.15, -0.1) is 0 Å². The second-order valence-electron chi connectivity index (χ2n) is 7.77. The predicted octanol–water partition coefficient (Wildman–Crippen LogP) is 3.31. The van der Waals surface area contributed by atoms with Gasteiger partial charge in [0.2, 0.25) is 0 Å². The average Bonchev–Trinajstić information content (AvgIpc) is 2.94. The lowest BCUT2D eigenvalue weighted by Gasteiger charge is -2.24. The third kappa shape index (κ3) is 5.55. The van der Waals surface area contributed by atoms with Crippen LogP contribution in [0.25, 0.3) is 5.69 Å². The molecular weight excluding hydrogens is 363 g/mol. The van der Waals surface area contributed by atoms with Crippen molar-refractivity contribution in [2.45, 2.75) is 46.3 Å². The minimum Gasteiger partial charge on any atom is -0.444 e. The number of benzene rings is 1. The largest absolute Gasteiger partial charge is 0.444 e. The van der Waals surface area contributed by atoms with Crippen molar-refractivity contribution in [3.8, 4) is 5.69 Å². The topological polar surface area (TPSA) is 76.5 Å². The molecule has 0 aliphatic heterocycles. The van der Waals surface area contributed by atoms with Crippen molar-refractivity contribution >= 4 is 12.0 Å². The Bertz CT molecular complexity index is 857. The number of aromatic nitrogens is 2. The van der Waals surface area contributed by atoms with Crippen LogP contribution in [0.4, 0.5) is 9.18 Å². The molecule has 8 heteroatoms. The third-order valence-electron chi connectivity index (χ3n) is 3.84. The minimum atomic E-state index is -0.595. The van der Waals surface area contributed by atoms with Crippen molar-refractivity contribution in [1.29, 1.82) is 0 Å². The first-order valence-electron chi connectivity index (χ1n) is 9.04. The van der Waals surface area contributed by atoms with Crippen LogP contribution >= 0.6 is 0 Å². The molecule has 0 saturated carbocycles. The molecule has 152 valence electrons. The Labute approximate surface area is 164 Å². The zero-order valence-electron chi connectivity index (χ0n) is 17.1. The van der Waals surface area contributed by atoms with Gasteiger partial charge in [-0.05, 0) is 52.8 Å². The van der Waals surface area contributed by atoms with Gasteiger partial charge in [0.1, 0.15) is 17.1 Å². The second kappa shape index (κ2) is 8.41. The van der Waals surface area contributed by atoms with E-state index in [1.165, 1.54) is 15.6 Å². The van der Waals surface area contributed by atoms with E-state index < -0.39 is 17.5 Å². The molecule has 2 rings (SSSR count). The number of carbonyl (C=O) groups excluding carboxylic acids is 2. The van der Waals surface area contributed by atoms with Gasteiger partial charge in [-0.2, -0.15) is 5.10 Å². The van der Waals surface area contributed by atoms with Crippen LogP contribution in [0.1, 0.15) is 43.9 Å². The number of nitrogens with one attached hydrogen (secondary N) is 1. The zero-order valence-corrected chi connectivity index (χ0v) is 17.1. The number of ether oxygens (including phenoxy) is 1. The molecule has 1 atom stereocenters. The molecule has 1 N–H and O–H groups in total. The Kier molecular flexibility index (Phi) is 6.43. The van der Waals surface area contributed by atoms with Crippen molar-refractivity contribution in [1.82, 2.24) is 20.0 Å². The van der Waals surface area contributed by atoms with Gasteiger partial charge in [0.15, 0.2) is 5.69 Å². The number of carbonyl (C=O) groups is 2. The van der Waals surface area contributed by atoms with Crippen molar-refractivity contribution in [3.63, 3.8) is 0 Å². The Morgan fingerprint density at radius 2 is 1.96 bits per heavy atom. The predicted molar refractivity (Wildman–Crippen MR) is 104 cm³/mol. The summed E-state index contributed by atoms with van der Waals surface area (Å²) in [5, 5.41) is 6.95. The van der Waals surface area contributed by atoms with Crippen LogP contribution in [0.2, 0.25) is 0 Å². The number of hydrogen-bond donors (Lipinski definition) is 1. The summed E-state index contributed by atoms with van der Waals surface area (Å²) in [7, 11) is 1.62. The lowest BCUT2D eigenvalue weighted by Crippen LogP contribution is -2.44. The fraction of sp³-hybridized carbons (Fsp3) is 0.450. The highest BCUT2D eigenvalue weighted by Crippen LogP contribution is 2.16. The quantitative estimate of drug-likeness (QED) is 0.850. The molecule has 0 bridgehead atoms. The monoisotopic (exact) mass is 390 g/mol. The first kappa shape index (κ1) is 21.4. The van der Waals surface area contributed by atoms with Gasteiger partial charge in [-0.1, -0.05) is 12.1 Å². The molecule has 1 aromatic heterocycles. The Morgan fingerprint density at radius 3 is 2.57 bits per heavy atom. The first-order chi connectivity index (χ1) is 13.0. The van der Waals surface area contributed by atoms with Gasteiger partial charge in [-0.3, -0.25) is 4.79 Å². The maximum absolute atomic E-state index is 14.0. The lowest BCUT2D eigenvalue weighted by atomic mass is 10.2. The van der Waals surface area contributed by atoms with Gasteiger partial charge >= 0.3 is 6.09 Å². The number of nitrogens with zero attached hydrogens (tertiary/aromatic N) is 3. The molecule has 1 heterocycles. The van der Waals surface area contributed by atoms with Crippen LogP contribution in [0.15, 0.2) is 30.3 Å². The van der Waals surface area contributed by atoms with Crippen molar-refractivity contribution in [2.75, 3.05) is 13.6 Å². The summed E-state index contributed by atoms with van der Waals surface area (Å²) in [5.74, 6) is -0.743. The van der Waals surface area contributed by atoms with E-state index in [4.69, 9.17) is 4.74 Å². The molecule has 0 fully saturated rings. The molecule has 0 saturated heterocycles. The third-order valence-corrected chi connectivity index (χ3v) is 3.84. The summed E-state index contributed by atoms with van der Waals surface area (Å²) in [6.07, 6.45) is -0.541. The van der Waals surface area contributed by atoms with E-state index >= 15 is 0 Å². The number of likely N-dealkylation sites (N-methyl/N-ethyl adjacent to an activating group) is 1. The number of hydrogen-bond acceptors (Lipinski definition) is 4. The van der Waals surface area contributed by atoms with Crippen LogP contribution in [-0.2, 0) is 4.74 Å². The maximum atomic E-state index is 14.0. The highest BCUT2D eigenvalue weighted by Gasteiger charge is 2.22. The molecule has 0 aliphatic rings. The fourth-order valence-corrected chi connectivity index (χ4v) is 2.69. The zero-order chi connectivity index (χ0) is 21.1. The van der Waals surface area contributed by atoms with Gasteiger partial charge < -0.3 is 15.0 Å². The molecular formula is C20H27FN4O3. The summed E-state index contributed by atoms with van der Waals surface area (Å²) in [6, 6.07) is 7.53. The number of amides is 2. The fourth-order valence-electron chi connectivity index (χ4n) is 2.69.